The molecule has 0 aliphatic carbocycles. The minimum absolute atomic E-state index is 0.0381. The molecule has 3 atom stereocenters. The van der Waals surface area contributed by atoms with E-state index in [0.717, 1.165) is 16.7 Å². The van der Waals surface area contributed by atoms with Crippen LogP contribution >= 0.6 is 0 Å². The van der Waals surface area contributed by atoms with Gasteiger partial charge in [-0.3, -0.25) is 19.2 Å². The number of piperidine rings is 1. The number of aryl methyl sites for hydroxylation is 1. The normalized spacial score (nSPS) is 15.3. The number of nitrogens with two attached hydrogens (primary N) is 2. The summed E-state index contributed by atoms with van der Waals surface area (Å²) in [4.78, 5) is 56.2. The number of hydrogen-bond acceptors (Lipinski definition) is 8. The third-order valence-electron chi connectivity index (χ3n) is 9.07. The second-order valence-electron chi connectivity index (χ2n) is 13.4. The Hall–Kier alpha value is -3.78. The molecule has 0 bridgehead atoms. The van der Waals surface area contributed by atoms with Gasteiger partial charge in [-0.25, -0.2) is 0 Å². The van der Waals surface area contributed by atoms with Crippen LogP contribution < -0.4 is 27.4 Å². The van der Waals surface area contributed by atoms with Gasteiger partial charge in [0.1, 0.15) is 18.1 Å². The Morgan fingerprint density at radius 1 is 0.837 bits per heavy atom. The van der Waals surface area contributed by atoms with E-state index in [1.165, 1.54) is 0 Å². The van der Waals surface area contributed by atoms with Crippen LogP contribution in [0.2, 0.25) is 5.82 Å². The van der Waals surface area contributed by atoms with Crippen LogP contribution in [-0.4, -0.2) is 83.5 Å². The summed E-state index contributed by atoms with van der Waals surface area (Å²) < 4.78 is 0. The largest absolute Gasteiger partial charge is 0.454 e. The van der Waals surface area contributed by atoms with Gasteiger partial charge < -0.3 is 42.4 Å². The highest BCUT2D eigenvalue weighted by atomic mass is 16.4. The summed E-state index contributed by atoms with van der Waals surface area (Å²) in [5.74, 6) is -1.76. The number of likely N-dealkylation sites (tertiary alicyclic amines) is 1. The Labute approximate surface area is 290 Å². The lowest BCUT2D eigenvalue weighted by Crippen LogP contribution is -2.58. The summed E-state index contributed by atoms with van der Waals surface area (Å²) in [7, 11) is -1.43. The third kappa shape index (κ3) is 13.2. The van der Waals surface area contributed by atoms with E-state index >= 15 is 0 Å². The van der Waals surface area contributed by atoms with E-state index in [1.807, 2.05) is 68.4 Å². The number of hydrogen-bond donors (Lipinski definition) is 7. The van der Waals surface area contributed by atoms with Gasteiger partial charge in [-0.05, 0) is 79.9 Å². The van der Waals surface area contributed by atoms with Gasteiger partial charge in [0.05, 0.1) is 0 Å². The second-order valence-corrected chi connectivity index (χ2v) is 13.4. The average Bonchev–Trinajstić information content (AvgIpc) is 3.09. The zero-order valence-corrected chi connectivity index (χ0v) is 29.0. The van der Waals surface area contributed by atoms with Crippen molar-refractivity contribution in [3.05, 3.63) is 71.3 Å². The molecule has 0 unspecified atom stereocenters. The van der Waals surface area contributed by atoms with Gasteiger partial charge in [0, 0.05) is 32.5 Å². The zero-order chi connectivity index (χ0) is 35.8. The molecule has 13 heteroatoms. The lowest BCUT2D eigenvalue weighted by Gasteiger charge is -2.34. The van der Waals surface area contributed by atoms with Gasteiger partial charge in [-0.1, -0.05) is 68.4 Å². The fourth-order valence-electron chi connectivity index (χ4n) is 6.21. The van der Waals surface area contributed by atoms with E-state index in [1.54, 1.807) is 4.90 Å². The number of amides is 4. The van der Waals surface area contributed by atoms with E-state index in [4.69, 9.17) is 11.5 Å². The Morgan fingerprint density at radius 2 is 1.45 bits per heavy atom. The molecule has 2 aromatic rings. The maximum Gasteiger partial charge on any atom is 0.454 e. The minimum Gasteiger partial charge on any atom is -0.427 e. The van der Waals surface area contributed by atoms with Gasteiger partial charge in [0.15, 0.2) is 0 Å². The summed E-state index contributed by atoms with van der Waals surface area (Å²) >= 11 is 0. The number of carbonyl (C=O) groups is 4. The van der Waals surface area contributed by atoms with Crippen LogP contribution in [0.15, 0.2) is 54.6 Å². The number of rotatable bonds is 19. The first-order valence-corrected chi connectivity index (χ1v) is 17.6. The molecule has 2 aromatic carbocycles. The van der Waals surface area contributed by atoms with E-state index in [0.29, 0.717) is 71.1 Å². The van der Waals surface area contributed by atoms with Crippen molar-refractivity contribution in [3.63, 3.8) is 0 Å². The van der Waals surface area contributed by atoms with Crippen LogP contribution in [0, 0.1) is 5.92 Å². The quantitative estimate of drug-likeness (QED) is 0.0854. The van der Waals surface area contributed by atoms with Gasteiger partial charge in [-0.2, -0.15) is 0 Å². The Bertz CT molecular complexity index is 1340. The first-order valence-electron chi connectivity index (χ1n) is 17.6. The second kappa shape index (κ2) is 20.7. The van der Waals surface area contributed by atoms with Crippen LogP contribution in [0.1, 0.15) is 75.5 Å². The summed E-state index contributed by atoms with van der Waals surface area (Å²) in [6.07, 6.45) is 3.77. The van der Waals surface area contributed by atoms with Crippen molar-refractivity contribution in [2.24, 2.45) is 17.4 Å². The number of benzene rings is 2. The Morgan fingerprint density at radius 3 is 2.06 bits per heavy atom. The maximum atomic E-state index is 13.9. The lowest BCUT2D eigenvalue weighted by atomic mass is 9.67. The predicted octanol–water partition coefficient (Wildman–Crippen LogP) is 1.42. The molecule has 0 spiro atoms. The van der Waals surface area contributed by atoms with Gasteiger partial charge in [0.2, 0.25) is 23.6 Å². The maximum absolute atomic E-state index is 13.9. The molecule has 4 amide bonds. The highest BCUT2D eigenvalue weighted by Crippen LogP contribution is 2.24. The average molecular weight is 679 g/mol. The molecule has 12 nitrogen and oxygen atoms in total. The fraction of sp³-hybridized carbons (Fsp3) is 0.556. The predicted molar refractivity (Wildman–Crippen MR) is 191 cm³/mol. The molecule has 3 rings (SSSR count). The molecule has 1 heterocycles. The molecule has 268 valence electrons. The van der Waals surface area contributed by atoms with E-state index in [9.17, 15) is 29.2 Å². The molecule has 1 saturated heterocycles. The van der Waals surface area contributed by atoms with Crippen LogP contribution in [0.3, 0.4) is 0 Å². The lowest BCUT2D eigenvalue weighted by molar-refractivity contribution is -0.138. The van der Waals surface area contributed by atoms with E-state index < -0.39 is 37.1 Å². The van der Waals surface area contributed by atoms with Crippen LogP contribution in [0.4, 0.5) is 0 Å². The summed E-state index contributed by atoms with van der Waals surface area (Å²) in [5, 5.41) is 27.8. The van der Waals surface area contributed by atoms with Crippen molar-refractivity contribution < 1.29 is 29.2 Å². The summed E-state index contributed by atoms with van der Waals surface area (Å²) in [5.41, 5.74) is 14.4. The molecule has 1 aliphatic heterocycles. The van der Waals surface area contributed by atoms with E-state index in [2.05, 4.69) is 16.0 Å². The third-order valence-corrected chi connectivity index (χ3v) is 9.07. The minimum atomic E-state index is -1.43. The Balaban J connectivity index is 1.74. The van der Waals surface area contributed by atoms with Crippen molar-refractivity contribution in [1.29, 1.82) is 0 Å². The van der Waals surface area contributed by atoms with Gasteiger partial charge in [0.25, 0.3) is 0 Å². The summed E-state index contributed by atoms with van der Waals surface area (Å²) in [6.45, 7) is 5.41. The highest BCUT2D eigenvalue weighted by Gasteiger charge is 2.35. The molecular weight excluding hydrogens is 623 g/mol. The number of nitrogens with one attached hydrogen (secondary N) is 3. The highest BCUT2D eigenvalue weighted by molar-refractivity contribution is 6.43. The van der Waals surface area contributed by atoms with Crippen LogP contribution in [-0.2, 0) is 38.6 Å². The topological polar surface area (TPSA) is 200 Å². The van der Waals surface area contributed by atoms with Crippen molar-refractivity contribution in [3.8, 4) is 0 Å². The monoisotopic (exact) mass is 678 g/mol. The Kier molecular flexibility index (Phi) is 16.7. The molecular formula is C36H55BN6O6. The van der Waals surface area contributed by atoms with E-state index in [-0.39, 0.29) is 36.4 Å². The van der Waals surface area contributed by atoms with Crippen molar-refractivity contribution in [2.45, 2.75) is 102 Å². The van der Waals surface area contributed by atoms with Crippen molar-refractivity contribution in [2.75, 3.05) is 19.6 Å². The molecule has 9 N–H and O–H groups in total. The summed E-state index contributed by atoms with van der Waals surface area (Å²) in [6, 6.07) is 14.3. The standard InChI is InChI=1S/C36H55BN6O6/c1-25(2)22-31(34(45)41-30(14-8-9-19-38)36(47)43-20-17-29(18-21-43)37(48)49)42-35(46)32(23-26-10-4-3-5-11-26)40-33(44)16-15-27-12-6-7-13-28(27)24-39/h3-7,10-13,25,29-32,48-49H,8-9,14-24,38-39H2,1-2H3,(H,40,44)(H,41,45)(H,42,46)/t30-,31-,32-/m1/s1. The molecule has 0 aromatic heterocycles. The molecule has 1 aliphatic rings. The zero-order valence-electron chi connectivity index (χ0n) is 29.0. The van der Waals surface area contributed by atoms with Crippen molar-refractivity contribution >= 4 is 30.7 Å². The first kappa shape index (κ1) is 39.7. The fourth-order valence-corrected chi connectivity index (χ4v) is 6.21. The smallest absolute Gasteiger partial charge is 0.427 e. The molecule has 0 radical (unpaired) electrons. The SMILES string of the molecule is CC(C)C[C@@H](NC(=O)[C@@H](Cc1ccccc1)NC(=O)CCc1ccccc1CN)C(=O)N[C@H](CCCCN)C(=O)N1CCC(B(O)O)CC1. The van der Waals surface area contributed by atoms with Crippen LogP contribution in [0.25, 0.3) is 0 Å². The van der Waals surface area contributed by atoms with Crippen LogP contribution in [0.5, 0.6) is 0 Å². The molecule has 1 fully saturated rings. The van der Waals surface area contributed by atoms with Gasteiger partial charge in [-0.15, -0.1) is 0 Å². The number of nitrogens with zero attached hydrogens (tertiary/aromatic N) is 1. The molecule has 49 heavy (non-hydrogen) atoms. The molecule has 0 saturated carbocycles. The van der Waals surface area contributed by atoms with Crippen molar-refractivity contribution in [1.82, 2.24) is 20.9 Å². The first-order chi connectivity index (χ1) is 23.5. The number of unbranched alkanes of at least 4 members (excludes halogenated alkanes) is 1. The number of carbonyl (C=O) groups excluding carboxylic acids is 4. The van der Waals surface area contributed by atoms with Gasteiger partial charge >= 0.3 is 7.12 Å².